The molecule has 3 N–H and O–H groups in total. The van der Waals surface area contributed by atoms with Crippen LogP contribution in [-0.2, 0) is 9.53 Å². The van der Waals surface area contributed by atoms with E-state index < -0.39 is 12.0 Å². The van der Waals surface area contributed by atoms with Crippen molar-refractivity contribution in [3.8, 4) is 0 Å². The molecule has 1 aromatic heterocycles. The Morgan fingerprint density at radius 1 is 1.55 bits per heavy atom. The van der Waals surface area contributed by atoms with Crippen LogP contribution in [0.1, 0.15) is 18.4 Å². The second-order valence-electron chi connectivity index (χ2n) is 5.07. The zero-order valence-electron chi connectivity index (χ0n) is 11.9. The summed E-state index contributed by atoms with van der Waals surface area (Å²) < 4.78 is 18.6. The van der Waals surface area contributed by atoms with Gasteiger partial charge in [-0.15, -0.1) is 0 Å². The van der Waals surface area contributed by atoms with Crippen LogP contribution in [0.15, 0.2) is 18.2 Å². The average Bonchev–Trinajstić information content (AvgIpc) is 2.89. The number of aromatic nitrogens is 1. The number of pyridine rings is 1. The molecule has 1 aliphatic rings. The molecule has 0 aliphatic carbocycles. The Labute approximate surface area is 131 Å². The number of fused-ring (bicyclic) bond motifs is 3. The first-order valence-electron chi connectivity index (χ1n) is 6.98. The van der Waals surface area contributed by atoms with Crippen LogP contribution in [0.2, 0.25) is 5.15 Å². The smallest absolute Gasteiger partial charge is 0.329 e. The van der Waals surface area contributed by atoms with Gasteiger partial charge in [0.2, 0.25) is 0 Å². The molecule has 0 amide bonds. The Morgan fingerprint density at radius 3 is 3.00 bits per heavy atom. The van der Waals surface area contributed by atoms with Gasteiger partial charge in [0.25, 0.3) is 0 Å². The molecule has 1 aliphatic heterocycles. The fourth-order valence-corrected chi connectivity index (χ4v) is 3.17. The lowest BCUT2D eigenvalue weighted by Crippen LogP contribution is -2.35. The topological polar surface area (TPSA) is 77.2 Å². The SMILES string of the molecule is CCOC(=O)C1Nc2c(c(Cl)nc3ccc(F)cc23)C1CN. The summed E-state index contributed by atoms with van der Waals surface area (Å²) in [6.45, 7) is 2.20. The number of hydrogen-bond acceptors (Lipinski definition) is 5. The van der Waals surface area contributed by atoms with E-state index in [0.717, 1.165) is 0 Å². The molecule has 1 aromatic carbocycles. The minimum atomic E-state index is -0.645. The molecule has 7 heteroatoms. The molecule has 116 valence electrons. The minimum Gasteiger partial charge on any atom is -0.464 e. The number of halogens is 2. The van der Waals surface area contributed by atoms with Crippen molar-refractivity contribution in [2.24, 2.45) is 5.73 Å². The highest BCUT2D eigenvalue weighted by atomic mass is 35.5. The number of benzene rings is 1. The van der Waals surface area contributed by atoms with E-state index >= 15 is 0 Å². The summed E-state index contributed by atoms with van der Waals surface area (Å²) in [5.41, 5.74) is 7.60. The molecule has 0 bridgehead atoms. The summed E-state index contributed by atoms with van der Waals surface area (Å²) in [7, 11) is 0. The molecule has 0 saturated heterocycles. The van der Waals surface area contributed by atoms with Crippen LogP contribution in [0.25, 0.3) is 10.9 Å². The van der Waals surface area contributed by atoms with Crippen LogP contribution < -0.4 is 11.1 Å². The summed E-state index contributed by atoms with van der Waals surface area (Å²) in [6, 6.07) is 3.59. The Morgan fingerprint density at radius 2 is 2.32 bits per heavy atom. The van der Waals surface area contributed by atoms with Gasteiger partial charge in [0.05, 0.1) is 17.8 Å². The highest BCUT2D eigenvalue weighted by molar-refractivity contribution is 6.31. The number of hydrogen-bond donors (Lipinski definition) is 2. The summed E-state index contributed by atoms with van der Waals surface area (Å²) in [5, 5.41) is 3.93. The van der Waals surface area contributed by atoms with Crippen LogP contribution in [0.4, 0.5) is 10.1 Å². The lowest BCUT2D eigenvalue weighted by molar-refractivity contribution is -0.144. The summed E-state index contributed by atoms with van der Waals surface area (Å²) in [4.78, 5) is 16.4. The van der Waals surface area contributed by atoms with Crippen molar-refractivity contribution in [2.45, 2.75) is 18.9 Å². The molecule has 0 saturated carbocycles. The highest BCUT2D eigenvalue weighted by Crippen LogP contribution is 2.43. The van der Waals surface area contributed by atoms with E-state index in [1.165, 1.54) is 12.1 Å². The molecular weight excluding hydrogens is 309 g/mol. The number of rotatable bonds is 3. The molecule has 2 heterocycles. The third-order valence-electron chi connectivity index (χ3n) is 3.81. The fourth-order valence-electron chi connectivity index (χ4n) is 2.85. The maximum Gasteiger partial charge on any atom is 0.329 e. The van der Waals surface area contributed by atoms with Crippen LogP contribution in [0.5, 0.6) is 0 Å². The maximum atomic E-state index is 13.6. The van der Waals surface area contributed by atoms with Crippen LogP contribution in [-0.4, -0.2) is 30.1 Å². The molecule has 3 rings (SSSR count). The minimum absolute atomic E-state index is 0.200. The van der Waals surface area contributed by atoms with Crippen molar-refractivity contribution < 1.29 is 13.9 Å². The molecular formula is C15H15ClFN3O2. The van der Waals surface area contributed by atoms with Crippen LogP contribution in [0, 0.1) is 5.82 Å². The Bertz CT molecular complexity index is 753. The second-order valence-corrected chi connectivity index (χ2v) is 5.43. The lowest BCUT2D eigenvalue weighted by atomic mass is 9.95. The Kier molecular flexibility index (Phi) is 3.88. The van der Waals surface area contributed by atoms with E-state index in [2.05, 4.69) is 10.3 Å². The number of nitrogens with one attached hydrogen (secondary N) is 1. The number of esters is 1. The molecule has 2 unspecified atom stereocenters. The van der Waals surface area contributed by atoms with E-state index in [1.807, 2.05) is 0 Å². The van der Waals surface area contributed by atoms with Gasteiger partial charge in [-0.3, -0.25) is 0 Å². The predicted octanol–water partition coefficient (Wildman–Crippen LogP) is 2.43. The van der Waals surface area contributed by atoms with E-state index in [0.29, 0.717) is 22.2 Å². The standard InChI is InChI=1S/C15H15ClFN3O2/c1-2-22-15(21)13-9(6-18)11-12(20-13)8-5-7(17)3-4-10(8)19-14(11)16/h3-5,9,13,20H,2,6,18H2,1H3. The monoisotopic (exact) mass is 323 g/mol. The molecule has 22 heavy (non-hydrogen) atoms. The van der Waals surface area contributed by atoms with Crippen molar-refractivity contribution in [1.82, 2.24) is 4.98 Å². The van der Waals surface area contributed by atoms with Gasteiger partial charge in [0, 0.05) is 23.4 Å². The fraction of sp³-hybridized carbons (Fsp3) is 0.333. The molecule has 2 aromatic rings. The molecule has 5 nitrogen and oxygen atoms in total. The predicted molar refractivity (Wildman–Crippen MR) is 82.6 cm³/mol. The van der Waals surface area contributed by atoms with Gasteiger partial charge in [-0.1, -0.05) is 11.6 Å². The zero-order chi connectivity index (χ0) is 15.9. The Hall–Kier alpha value is -1.92. The summed E-state index contributed by atoms with van der Waals surface area (Å²) in [6.07, 6.45) is 0. The van der Waals surface area contributed by atoms with Crippen molar-refractivity contribution >= 4 is 34.2 Å². The van der Waals surface area contributed by atoms with Crippen molar-refractivity contribution in [3.63, 3.8) is 0 Å². The molecule has 0 fully saturated rings. The molecule has 0 spiro atoms. The summed E-state index contributed by atoms with van der Waals surface area (Å²) >= 11 is 6.26. The van der Waals surface area contributed by atoms with Crippen LogP contribution in [0.3, 0.4) is 0 Å². The highest BCUT2D eigenvalue weighted by Gasteiger charge is 2.40. The average molecular weight is 324 g/mol. The van der Waals surface area contributed by atoms with Crippen molar-refractivity contribution in [2.75, 3.05) is 18.5 Å². The first-order chi connectivity index (χ1) is 10.6. The van der Waals surface area contributed by atoms with Gasteiger partial charge in [0.1, 0.15) is 17.0 Å². The normalized spacial score (nSPS) is 19.8. The largest absolute Gasteiger partial charge is 0.464 e. The Balaban J connectivity index is 2.17. The molecule has 2 atom stereocenters. The maximum absolute atomic E-state index is 13.6. The van der Waals surface area contributed by atoms with Crippen molar-refractivity contribution in [3.05, 3.63) is 34.7 Å². The first-order valence-corrected chi connectivity index (χ1v) is 7.36. The van der Waals surface area contributed by atoms with Gasteiger partial charge in [-0.25, -0.2) is 14.2 Å². The number of carbonyl (C=O) groups is 1. The number of ether oxygens (including phenoxy) is 1. The van der Waals surface area contributed by atoms with E-state index in [1.54, 1.807) is 13.0 Å². The van der Waals surface area contributed by atoms with E-state index in [4.69, 9.17) is 22.1 Å². The van der Waals surface area contributed by atoms with E-state index in [-0.39, 0.29) is 30.0 Å². The zero-order valence-corrected chi connectivity index (χ0v) is 12.7. The van der Waals surface area contributed by atoms with Gasteiger partial charge in [-0.2, -0.15) is 0 Å². The lowest BCUT2D eigenvalue weighted by Gasteiger charge is -2.17. The van der Waals surface area contributed by atoms with Gasteiger partial charge < -0.3 is 15.8 Å². The second kappa shape index (κ2) is 5.70. The third-order valence-corrected chi connectivity index (χ3v) is 4.09. The van der Waals surface area contributed by atoms with Gasteiger partial charge in [-0.05, 0) is 25.1 Å². The van der Waals surface area contributed by atoms with Crippen molar-refractivity contribution in [1.29, 1.82) is 0 Å². The number of nitrogens with two attached hydrogens (primary N) is 1. The number of nitrogens with zero attached hydrogens (tertiary/aromatic N) is 1. The van der Waals surface area contributed by atoms with E-state index in [9.17, 15) is 9.18 Å². The molecule has 0 radical (unpaired) electrons. The number of anilines is 1. The quantitative estimate of drug-likeness (QED) is 0.670. The van der Waals surface area contributed by atoms with Gasteiger partial charge >= 0.3 is 5.97 Å². The third kappa shape index (κ3) is 2.28. The first kappa shape index (κ1) is 15.0. The summed E-state index contributed by atoms with van der Waals surface area (Å²) in [5.74, 6) is -1.15. The number of carbonyl (C=O) groups excluding carboxylic acids is 1. The van der Waals surface area contributed by atoms with Gasteiger partial charge in [0.15, 0.2) is 0 Å². The van der Waals surface area contributed by atoms with Crippen LogP contribution >= 0.6 is 11.6 Å².